The average molecular weight is 513 g/mol. The number of carbonyl (C=O) groups is 5. The minimum atomic E-state index is -0.855. The van der Waals surface area contributed by atoms with Gasteiger partial charge in [0.05, 0.1) is 23.6 Å². The third kappa shape index (κ3) is 6.01. The normalized spacial score (nSPS) is 20.9. The van der Waals surface area contributed by atoms with Crippen molar-refractivity contribution >= 4 is 35.2 Å². The first-order chi connectivity index (χ1) is 17.4. The maximum absolute atomic E-state index is 13.1. The molecule has 10 nitrogen and oxygen atoms in total. The Labute approximate surface area is 217 Å². The van der Waals surface area contributed by atoms with E-state index in [9.17, 15) is 24.0 Å². The summed E-state index contributed by atoms with van der Waals surface area (Å²) in [6, 6.07) is 4.42. The van der Waals surface area contributed by atoms with Gasteiger partial charge in [0.15, 0.2) is 5.78 Å². The number of Topliss-reactive ketones (excluding diaryl/α,β-unsaturated/α-hetero) is 2. The summed E-state index contributed by atoms with van der Waals surface area (Å²) in [6.45, 7) is 10.3. The Bertz CT molecular complexity index is 1100. The highest BCUT2D eigenvalue weighted by Gasteiger charge is 2.44. The standard InChI is InChI=1S/C27H36N4O6/c1-27(2,3)37-26(36)28(4)10-5-11-29-12-14-30(15-13-29)18-6-8-20-21(16-18)25(35)31(24(20)34)22-9-7-19(32)17-23(22)33/h6,8,16,22H,5,7,9-15,17H2,1-4H3. The molecule has 10 heteroatoms. The van der Waals surface area contributed by atoms with Crippen LogP contribution in [0.1, 0.15) is 67.2 Å². The van der Waals surface area contributed by atoms with Crippen LogP contribution in [0, 0.1) is 0 Å². The van der Waals surface area contributed by atoms with E-state index in [-0.39, 0.29) is 36.9 Å². The molecule has 1 unspecified atom stereocenters. The van der Waals surface area contributed by atoms with Gasteiger partial charge in [0, 0.05) is 51.9 Å². The third-order valence-electron chi connectivity index (χ3n) is 7.06. The van der Waals surface area contributed by atoms with E-state index in [1.165, 1.54) is 0 Å². The first-order valence-electron chi connectivity index (χ1n) is 12.9. The molecular formula is C27H36N4O6. The van der Waals surface area contributed by atoms with Crippen molar-refractivity contribution < 1.29 is 28.7 Å². The van der Waals surface area contributed by atoms with Crippen LogP contribution in [0.15, 0.2) is 18.2 Å². The van der Waals surface area contributed by atoms with E-state index in [1.807, 2.05) is 26.8 Å². The molecule has 200 valence electrons. The molecule has 1 aromatic rings. The van der Waals surface area contributed by atoms with Crippen molar-refractivity contribution in [2.24, 2.45) is 0 Å². The minimum absolute atomic E-state index is 0.144. The Morgan fingerprint density at radius 2 is 1.70 bits per heavy atom. The van der Waals surface area contributed by atoms with E-state index in [0.717, 1.165) is 49.7 Å². The lowest BCUT2D eigenvalue weighted by Gasteiger charge is -2.36. The molecule has 2 heterocycles. The van der Waals surface area contributed by atoms with Crippen molar-refractivity contribution in [3.63, 3.8) is 0 Å². The number of amides is 3. The lowest BCUT2D eigenvalue weighted by molar-refractivity contribution is -0.132. The Balaban J connectivity index is 1.30. The summed E-state index contributed by atoms with van der Waals surface area (Å²) in [5, 5.41) is 0. The summed E-state index contributed by atoms with van der Waals surface area (Å²) in [5.74, 6) is -1.42. The van der Waals surface area contributed by atoms with Gasteiger partial charge < -0.3 is 14.5 Å². The molecule has 0 N–H and O–H groups in total. The van der Waals surface area contributed by atoms with Crippen LogP contribution in [0.4, 0.5) is 10.5 Å². The van der Waals surface area contributed by atoms with E-state index < -0.39 is 23.5 Å². The summed E-state index contributed by atoms with van der Waals surface area (Å²) in [4.78, 5) is 69.3. The van der Waals surface area contributed by atoms with Gasteiger partial charge in [-0.2, -0.15) is 0 Å². The quantitative estimate of drug-likeness (QED) is 0.422. The Kier molecular flexibility index (Phi) is 7.68. The molecule has 1 saturated carbocycles. The van der Waals surface area contributed by atoms with E-state index in [4.69, 9.17) is 4.74 Å². The molecular weight excluding hydrogens is 476 g/mol. The number of imide groups is 1. The average Bonchev–Trinajstić information content (AvgIpc) is 3.08. The SMILES string of the molecule is CN(CCCN1CCN(c2ccc3c(c2)C(=O)N(C2CCC(=O)CC2=O)C3=O)CC1)C(=O)OC(C)(C)C. The number of ether oxygens (including phenoxy) is 1. The Morgan fingerprint density at radius 3 is 2.35 bits per heavy atom. The Hall–Kier alpha value is -3.27. The molecule has 3 aliphatic rings. The molecule has 37 heavy (non-hydrogen) atoms. The number of nitrogens with zero attached hydrogens (tertiary/aromatic N) is 4. The fourth-order valence-electron chi connectivity index (χ4n) is 5.05. The molecule has 1 aliphatic carbocycles. The van der Waals surface area contributed by atoms with Crippen LogP contribution in [0.5, 0.6) is 0 Å². The van der Waals surface area contributed by atoms with Gasteiger partial charge in [-0.15, -0.1) is 0 Å². The van der Waals surface area contributed by atoms with Crippen LogP contribution in [0.25, 0.3) is 0 Å². The van der Waals surface area contributed by atoms with Crippen molar-refractivity contribution in [3.05, 3.63) is 29.3 Å². The second-order valence-electron chi connectivity index (χ2n) is 11.0. The van der Waals surface area contributed by atoms with Gasteiger partial charge in [-0.05, 0) is 58.4 Å². The van der Waals surface area contributed by atoms with Crippen molar-refractivity contribution in [1.29, 1.82) is 0 Å². The maximum Gasteiger partial charge on any atom is 0.410 e. The van der Waals surface area contributed by atoms with Crippen molar-refractivity contribution in [1.82, 2.24) is 14.7 Å². The number of fused-ring (bicyclic) bond motifs is 1. The van der Waals surface area contributed by atoms with Gasteiger partial charge in [0.1, 0.15) is 11.4 Å². The van der Waals surface area contributed by atoms with Crippen LogP contribution < -0.4 is 4.90 Å². The van der Waals surface area contributed by atoms with Gasteiger partial charge in [0.25, 0.3) is 11.8 Å². The first-order valence-corrected chi connectivity index (χ1v) is 12.9. The summed E-state index contributed by atoms with van der Waals surface area (Å²) >= 11 is 0. The van der Waals surface area contributed by atoms with Gasteiger partial charge in [-0.1, -0.05) is 0 Å². The predicted molar refractivity (Wildman–Crippen MR) is 137 cm³/mol. The van der Waals surface area contributed by atoms with Crippen LogP contribution in [-0.4, -0.2) is 102 Å². The minimum Gasteiger partial charge on any atom is -0.444 e. The van der Waals surface area contributed by atoms with Gasteiger partial charge >= 0.3 is 6.09 Å². The number of benzene rings is 1. The zero-order valence-corrected chi connectivity index (χ0v) is 22.1. The largest absolute Gasteiger partial charge is 0.444 e. The van der Waals surface area contributed by atoms with E-state index in [2.05, 4.69) is 9.80 Å². The fraction of sp³-hybridized carbons (Fsp3) is 0.593. The van der Waals surface area contributed by atoms with Gasteiger partial charge in [-0.3, -0.25) is 29.0 Å². The monoisotopic (exact) mass is 512 g/mol. The van der Waals surface area contributed by atoms with E-state index in [1.54, 1.807) is 24.1 Å². The molecule has 2 fully saturated rings. The highest BCUT2D eigenvalue weighted by atomic mass is 16.6. The first kappa shape index (κ1) is 26.8. The number of carbonyl (C=O) groups excluding carboxylic acids is 5. The zero-order chi connectivity index (χ0) is 26.9. The summed E-state index contributed by atoms with van der Waals surface area (Å²) in [5.41, 5.74) is 0.991. The number of ketones is 2. The number of hydrogen-bond acceptors (Lipinski definition) is 8. The molecule has 1 aromatic carbocycles. The van der Waals surface area contributed by atoms with Gasteiger partial charge in [-0.25, -0.2) is 4.79 Å². The van der Waals surface area contributed by atoms with E-state index >= 15 is 0 Å². The van der Waals surface area contributed by atoms with Crippen molar-refractivity contribution in [2.45, 2.75) is 58.1 Å². The molecule has 0 radical (unpaired) electrons. The van der Waals surface area contributed by atoms with E-state index in [0.29, 0.717) is 17.7 Å². The molecule has 2 aliphatic heterocycles. The number of hydrogen-bond donors (Lipinski definition) is 0. The number of rotatable bonds is 6. The smallest absolute Gasteiger partial charge is 0.410 e. The molecule has 0 bridgehead atoms. The second kappa shape index (κ2) is 10.6. The topological polar surface area (TPSA) is 108 Å². The molecule has 0 aromatic heterocycles. The van der Waals surface area contributed by atoms with Crippen LogP contribution in [0.3, 0.4) is 0 Å². The second-order valence-corrected chi connectivity index (χ2v) is 11.0. The molecule has 4 rings (SSSR count). The molecule has 0 spiro atoms. The zero-order valence-electron chi connectivity index (χ0n) is 22.1. The highest BCUT2D eigenvalue weighted by Crippen LogP contribution is 2.32. The summed E-state index contributed by atoms with van der Waals surface area (Å²) in [7, 11) is 1.75. The number of anilines is 1. The lowest BCUT2D eigenvalue weighted by atomic mass is 9.92. The molecule has 3 amide bonds. The maximum atomic E-state index is 13.1. The lowest BCUT2D eigenvalue weighted by Crippen LogP contribution is -2.47. The summed E-state index contributed by atoms with van der Waals surface area (Å²) in [6.07, 6.45) is 0.710. The third-order valence-corrected chi connectivity index (χ3v) is 7.06. The molecule has 1 atom stereocenters. The van der Waals surface area contributed by atoms with Crippen LogP contribution in [-0.2, 0) is 14.3 Å². The van der Waals surface area contributed by atoms with Crippen LogP contribution in [0.2, 0.25) is 0 Å². The molecule has 1 saturated heterocycles. The fourth-order valence-corrected chi connectivity index (χ4v) is 5.05. The van der Waals surface area contributed by atoms with Crippen LogP contribution >= 0.6 is 0 Å². The predicted octanol–water partition coefficient (Wildman–Crippen LogP) is 2.35. The highest BCUT2D eigenvalue weighted by molar-refractivity contribution is 6.24. The van der Waals surface area contributed by atoms with Crippen molar-refractivity contribution in [2.75, 3.05) is 51.2 Å². The van der Waals surface area contributed by atoms with Crippen molar-refractivity contribution in [3.8, 4) is 0 Å². The Morgan fingerprint density at radius 1 is 1.03 bits per heavy atom. The summed E-state index contributed by atoms with van der Waals surface area (Å²) < 4.78 is 5.39. The van der Waals surface area contributed by atoms with Gasteiger partial charge in [0.2, 0.25) is 0 Å². The number of piperazine rings is 1.